The van der Waals surface area contributed by atoms with Crippen molar-refractivity contribution in [3.05, 3.63) is 218 Å². The normalized spacial score (nSPS) is 12.3. The maximum atomic E-state index is 9.94. The van der Waals surface area contributed by atoms with Crippen LogP contribution in [0, 0.1) is 55.7 Å². The van der Waals surface area contributed by atoms with Crippen LogP contribution in [0.15, 0.2) is 116 Å². The molecule has 0 saturated carbocycles. The van der Waals surface area contributed by atoms with Crippen LogP contribution in [0.3, 0.4) is 0 Å². The van der Waals surface area contributed by atoms with Gasteiger partial charge in [0.15, 0.2) is 28.5 Å². The second-order valence-corrected chi connectivity index (χ2v) is 23.7. The summed E-state index contributed by atoms with van der Waals surface area (Å²) in [4.78, 5) is 43.2. The second-order valence-electron chi connectivity index (χ2n) is 23.3. The van der Waals surface area contributed by atoms with Gasteiger partial charge in [0.1, 0.15) is 24.4 Å². The highest BCUT2D eigenvalue weighted by Crippen LogP contribution is 2.31. The zero-order valence-corrected chi connectivity index (χ0v) is 50.8. The molecular weight excluding hydrogens is 1120 g/mol. The highest BCUT2D eigenvalue weighted by atomic mass is 35.5. The maximum absolute atomic E-state index is 9.94. The average molecular weight is 1220 g/mol. The van der Waals surface area contributed by atoms with Crippen LogP contribution in [0.5, 0.6) is 0 Å². The number of pyridine rings is 6. The highest BCUT2D eigenvalue weighted by Gasteiger charge is 2.29. The standard InChI is InChI=1S/3C13H18N2O.C8H6N2O.C8H6N2.C6H3ClN2.C4H11N.5CH4/c3*1-13(2,3)9-8-11(16)10-6-5-7-12(14-4)15-10;1-9-8-4-2-3-6(10-8)7-5-11-7;1-3-7-5-4-6-8(9-2)10-7;1-8-6-4-2-3-5(7)9-6;1-4(2,3)5;;;;;/h3*5-7,11,16H,8-9H2,1-3H3;2-4,7H,5H2;3-6H,1H2;2-4H;5H2,1-3H3;5*1H4/t2*11-;;;;;;;;;;/m10........../s1. The van der Waals surface area contributed by atoms with E-state index in [4.69, 9.17) is 61.5 Å². The zero-order valence-electron chi connectivity index (χ0n) is 50.0. The number of rotatable bonds is 11. The topological polar surface area (TPSA) is 203 Å². The Labute approximate surface area is 535 Å². The molecule has 1 saturated heterocycles. The lowest BCUT2D eigenvalue weighted by Gasteiger charge is -2.19. The summed E-state index contributed by atoms with van der Waals surface area (Å²) in [6.07, 6.45) is 4.89. The summed E-state index contributed by atoms with van der Waals surface area (Å²) in [5.74, 6) is 2.21. The number of nitrogens with two attached hydrogens (primary N) is 1. The predicted octanol–water partition coefficient (Wildman–Crippen LogP) is 20.7. The molecule has 88 heavy (non-hydrogen) atoms. The first kappa shape index (κ1) is 88.4. The van der Waals surface area contributed by atoms with E-state index in [0.29, 0.717) is 76.4 Å². The Morgan fingerprint density at radius 3 is 1.00 bits per heavy atom. The van der Waals surface area contributed by atoms with Crippen molar-refractivity contribution in [2.75, 3.05) is 6.61 Å². The van der Waals surface area contributed by atoms with Crippen LogP contribution in [0.2, 0.25) is 5.15 Å². The van der Waals surface area contributed by atoms with Crippen molar-refractivity contribution in [1.82, 2.24) is 29.9 Å². The number of hydrogen-bond donors (Lipinski definition) is 4. The molecule has 4 atom stereocenters. The summed E-state index contributed by atoms with van der Waals surface area (Å²) in [5.41, 5.74) is 9.38. The van der Waals surface area contributed by atoms with Gasteiger partial charge in [0, 0.05) is 5.54 Å². The monoisotopic (exact) mass is 1220 g/mol. The van der Waals surface area contributed by atoms with E-state index in [1.165, 1.54) is 0 Å². The predicted molar refractivity (Wildman–Crippen MR) is 365 cm³/mol. The lowest BCUT2D eigenvalue weighted by Crippen LogP contribution is -2.26. The van der Waals surface area contributed by atoms with Crippen LogP contribution in [0.1, 0.15) is 212 Å². The van der Waals surface area contributed by atoms with Gasteiger partial charge in [-0.25, -0.2) is 0 Å². The lowest BCUT2D eigenvalue weighted by molar-refractivity contribution is 0.143. The Kier molecular flexibility index (Phi) is 45.2. The molecule has 6 aromatic rings. The van der Waals surface area contributed by atoms with Gasteiger partial charge in [0.25, 0.3) is 34.9 Å². The summed E-state index contributed by atoms with van der Waals surface area (Å²) in [7, 11) is 0. The largest absolute Gasteiger partial charge is 0.385 e. The number of aliphatic hydroxyl groups is 3. The summed E-state index contributed by atoms with van der Waals surface area (Å²) in [6, 6.07) is 31.1. The molecule has 18 heteroatoms. The number of nitrogens with zero attached hydrogens (tertiary/aromatic N) is 12. The van der Waals surface area contributed by atoms with Gasteiger partial charge in [0.2, 0.25) is 5.15 Å². The minimum atomic E-state index is -0.569. The van der Waals surface area contributed by atoms with Crippen molar-refractivity contribution in [2.45, 2.75) is 189 Å². The summed E-state index contributed by atoms with van der Waals surface area (Å²) >= 11 is 5.47. The van der Waals surface area contributed by atoms with E-state index in [1.807, 2.05) is 39.0 Å². The van der Waals surface area contributed by atoms with E-state index < -0.39 is 18.3 Å². The van der Waals surface area contributed by atoms with Gasteiger partial charge < -0.3 is 54.9 Å². The van der Waals surface area contributed by atoms with Crippen LogP contribution >= 0.6 is 11.6 Å². The van der Waals surface area contributed by atoms with Crippen molar-refractivity contribution in [1.29, 1.82) is 0 Å². The first-order chi connectivity index (χ1) is 38.9. The van der Waals surface area contributed by atoms with E-state index in [1.54, 1.807) is 97.1 Å². The molecule has 7 heterocycles. The van der Waals surface area contributed by atoms with E-state index in [0.717, 1.165) is 37.3 Å². The quantitative estimate of drug-likeness (QED) is 0.0546. The van der Waals surface area contributed by atoms with Crippen LogP contribution in [0.4, 0.5) is 34.9 Å². The number of epoxide rings is 1. The molecule has 1 aliphatic rings. The summed E-state index contributed by atoms with van der Waals surface area (Å²) in [6.45, 7) is 70.0. The molecule has 17 nitrogen and oxygen atoms in total. The van der Waals surface area contributed by atoms with E-state index in [9.17, 15) is 15.3 Å². The number of aliphatic hydroxyl groups excluding tert-OH is 3. The number of aromatic nitrogens is 6. The lowest BCUT2D eigenvalue weighted by atomic mass is 9.89. The molecule has 0 aliphatic carbocycles. The number of halogens is 1. The third-order valence-corrected chi connectivity index (χ3v) is 10.8. The minimum Gasteiger partial charge on any atom is -0.385 e. The Balaban J connectivity index is -0.000000308. The SMILES string of the molecule is C.C.C.C.C.CC(C)(C)N.[C-]#[N+]c1cccc(C(O)CCC(C)(C)C)n1.[C-]#[N+]c1cccc(C2CO2)n1.[C-]#[N+]c1cccc(C=C)n1.[C-]#[N+]c1cccc(Cl)n1.[C-]#[N+]c1cccc([C@@H](O)CCC(C)(C)C)n1.[C-]#[N+]c1cccc([C@H](O)CCC(C)(C)C)n1. The molecule has 6 aromatic heterocycles. The molecule has 0 amide bonds. The van der Waals surface area contributed by atoms with Gasteiger partial charge in [0.05, 0.1) is 6.61 Å². The minimum absolute atomic E-state index is 0. The summed E-state index contributed by atoms with van der Waals surface area (Å²) in [5, 5.41) is 30.2. The van der Waals surface area contributed by atoms with Crippen LogP contribution in [0.25, 0.3) is 35.1 Å². The first-order valence-electron chi connectivity index (χ1n) is 26.7. The fourth-order valence-corrected chi connectivity index (χ4v) is 6.35. The van der Waals surface area contributed by atoms with Crippen LogP contribution in [-0.2, 0) is 4.74 Å². The molecule has 1 aliphatic heterocycles. The van der Waals surface area contributed by atoms with Crippen molar-refractivity contribution in [3.8, 4) is 0 Å². The molecule has 0 radical (unpaired) electrons. The van der Waals surface area contributed by atoms with Crippen LogP contribution < -0.4 is 5.73 Å². The molecule has 5 N–H and O–H groups in total. The average Bonchev–Trinajstić information content (AvgIpc) is 3.53. The van der Waals surface area contributed by atoms with Gasteiger partial charge in [-0.05, 0) is 166 Å². The number of hydrogen-bond acceptors (Lipinski definition) is 11. The molecule has 1 fully saturated rings. The third-order valence-electron chi connectivity index (χ3n) is 10.6. The van der Waals surface area contributed by atoms with Gasteiger partial charge in [-0.15, -0.1) is 29.9 Å². The molecule has 2 unspecified atom stereocenters. The van der Waals surface area contributed by atoms with E-state index >= 15 is 0 Å². The highest BCUT2D eigenvalue weighted by molar-refractivity contribution is 6.29. The smallest absolute Gasteiger partial charge is 0.271 e. The maximum Gasteiger partial charge on any atom is 0.271 e. The van der Waals surface area contributed by atoms with Crippen molar-refractivity contribution in [3.63, 3.8) is 0 Å². The van der Waals surface area contributed by atoms with Crippen molar-refractivity contribution >= 4 is 52.6 Å². The first-order valence-corrected chi connectivity index (χ1v) is 27.0. The molecule has 7 rings (SSSR count). The number of ether oxygens (including phenoxy) is 1. The second kappa shape index (κ2) is 45.0. The zero-order chi connectivity index (χ0) is 62.8. The van der Waals surface area contributed by atoms with Crippen molar-refractivity contribution < 1.29 is 20.1 Å². The third kappa shape index (κ3) is 43.3. The molecule has 0 aromatic carbocycles. The molecule has 476 valence electrons. The molecular formula is C70H100ClN13O4. The van der Waals surface area contributed by atoms with E-state index in [2.05, 4.69) is 128 Å². The Morgan fingerprint density at radius 1 is 0.477 bits per heavy atom. The van der Waals surface area contributed by atoms with Gasteiger partial charge in [-0.1, -0.05) is 182 Å². The Morgan fingerprint density at radius 2 is 0.739 bits per heavy atom. The fraction of sp³-hybridized carbons (Fsp3) is 0.457. The molecule has 0 spiro atoms. The van der Waals surface area contributed by atoms with Crippen molar-refractivity contribution in [2.24, 2.45) is 22.0 Å². The summed E-state index contributed by atoms with van der Waals surface area (Å²) < 4.78 is 5.03. The van der Waals surface area contributed by atoms with Gasteiger partial charge in [-0.2, -0.15) is 0 Å². The Hall–Kier alpha value is -8.33. The van der Waals surface area contributed by atoms with Gasteiger partial charge >= 0.3 is 0 Å². The van der Waals surface area contributed by atoms with Gasteiger partial charge in [-0.3, -0.25) is 0 Å². The Bertz CT molecular complexity index is 3000. The van der Waals surface area contributed by atoms with Crippen LogP contribution in [-0.4, -0.2) is 57.4 Å². The van der Waals surface area contributed by atoms with E-state index in [-0.39, 0.29) is 65.0 Å². The fourth-order valence-electron chi connectivity index (χ4n) is 6.19. The molecule has 0 bridgehead atoms.